The molecule has 104 valence electrons. The van der Waals surface area contributed by atoms with Gasteiger partial charge in [-0.1, -0.05) is 6.92 Å². The molecule has 0 saturated carbocycles. The van der Waals surface area contributed by atoms with E-state index in [-0.39, 0.29) is 5.91 Å². The number of nitrogens with one attached hydrogen (secondary N) is 2. The van der Waals surface area contributed by atoms with Crippen molar-refractivity contribution in [1.29, 1.82) is 0 Å². The van der Waals surface area contributed by atoms with Gasteiger partial charge in [0.1, 0.15) is 6.04 Å². The number of carbonyl (C=O) groups is 2. The Balaban J connectivity index is 2.62. The molecule has 1 aliphatic heterocycles. The molecule has 18 heavy (non-hydrogen) atoms. The third kappa shape index (κ3) is 3.62. The highest BCUT2D eigenvalue weighted by Gasteiger charge is 2.40. The van der Waals surface area contributed by atoms with Crippen LogP contribution in [0.2, 0.25) is 0 Å². The van der Waals surface area contributed by atoms with Crippen LogP contribution in [0.4, 0.5) is 0 Å². The van der Waals surface area contributed by atoms with Gasteiger partial charge in [0.2, 0.25) is 5.91 Å². The number of aliphatic carboxylic acids is 1. The van der Waals surface area contributed by atoms with E-state index in [0.29, 0.717) is 13.0 Å². The molecule has 6 heteroatoms. The summed E-state index contributed by atoms with van der Waals surface area (Å²) in [6.07, 6.45) is 3.91. The fraction of sp³-hybridized carbons (Fsp3) is 0.833. The van der Waals surface area contributed by atoms with Crippen molar-refractivity contribution >= 4 is 23.6 Å². The third-order valence-corrected chi connectivity index (χ3v) is 4.26. The molecular formula is C12H22N2O3S. The van der Waals surface area contributed by atoms with Crippen LogP contribution >= 0.6 is 11.8 Å². The Morgan fingerprint density at radius 2 is 2.28 bits per heavy atom. The molecule has 0 aromatic carbocycles. The van der Waals surface area contributed by atoms with Crippen LogP contribution in [-0.2, 0) is 9.59 Å². The summed E-state index contributed by atoms with van der Waals surface area (Å²) in [6.45, 7) is 3.44. The molecule has 3 N–H and O–H groups in total. The minimum atomic E-state index is -0.949. The summed E-state index contributed by atoms with van der Waals surface area (Å²) < 4.78 is 0. The minimum Gasteiger partial charge on any atom is -0.480 e. The molecule has 1 saturated heterocycles. The van der Waals surface area contributed by atoms with Crippen LogP contribution in [0, 0.1) is 5.41 Å². The van der Waals surface area contributed by atoms with Gasteiger partial charge in [-0.15, -0.1) is 0 Å². The van der Waals surface area contributed by atoms with Crippen LogP contribution in [0.3, 0.4) is 0 Å². The molecule has 1 rings (SSSR count). The lowest BCUT2D eigenvalue weighted by molar-refractivity contribution is -0.143. The molecular weight excluding hydrogens is 252 g/mol. The molecule has 2 unspecified atom stereocenters. The normalized spacial score (nSPS) is 24.8. The van der Waals surface area contributed by atoms with Gasteiger partial charge in [0.05, 0.1) is 5.41 Å². The highest BCUT2D eigenvalue weighted by atomic mass is 32.2. The first-order chi connectivity index (χ1) is 8.55. The molecule has 1 fully saturated rings. The van der Waals surface area contributed by atoms with Gasteiger partial charge in [0.25, 0.3) is 0 Å². The largest absolute Gasteiger partial charge is 0.480 e. The summed E-state index contributed by atoms with van der Waals surface area (Å²) in [6, 6.07) is -0.769. The van der Waals surface area contributed by atoms with E-state index in [0.717, 1.165) is 25.1 Å². The zero-order chi connectivity index (χ0) is 13.6. The molecule has 0 bridgehead atoms. The maximum Gasteiger partial charge on any atom is 0.326 e. The summed E-state index contributed by atoms with van der Waals surface area (Å²) >= 11 is 1.58. The van der Waals surface area contributed by atoms with Gasteiger partial charge in [-0.25, -0.2) is 4.79 Å². The standard InChI is InChI=1S/C12H22N2O3S/c1-3-12(5-6-13-8-12)11(17)14-9(10(15)16)4-7-18-2/h9,13H,3-8H2,1-2H3,(H,14,17)(H,15,16). The number of hydrogen-bond acceptors (Lipinski definition) is 4. The van der Waals surface area contributed by atoms with Gasteiger partial charge in [-0.05, 0) is 37.8 Å². The van der Waals surface area contributed by atoms with Crippen LogP contribution in [0.15, 0.2) is 0 Å². The van der Waals surface area contributed by atoms with Crippen LogP contribution in [0.5, 0.6) is 0 Å². The first-order valence-electron chi connectivity index (χ1n) is 6.29. The van der Waals surface area contributed by atoms with E-state index in [1.54, 1.807) is 11.8 Å². The number of thioether (sulfide) groups is 1. The lowest BCUT2D eigenvalue weighted by Gasteiger charge is -2.27. The quantitative estimate of drug-likeness (QED) is 0.637. The highest BCUT2D eigenvalue weighted by Crippen LogP contribution is 2.29. The summed E-state index contributed by atoms with van der Waals surface area (Å²) in [7, 11) is 0. The topological polar surface area (TPSA) is 78.4 Å². The van der Waals surface area contributed by atoms with E-state index in [1.165, 1.54) is 0 Å². The molecule has 0 aliphatic carbocycles. The fourth-order valence-electron chi connectivity index (χ4n) is 2.20. The minimum absolute atomic E-state index is 0.122. The molecule has 0 aromatic heterocycles. The maximum absolute atomic E-state index is 12.3. The van der Waals surface area contributed by atoms with Crippen LogP contribution in [0.25, 0.3) is 0 Å². The van der Waals surface area contributed by atoms with Crippen molar-refractivity contribution < 1.29 is 14.7 Å². The van der Waals surface area contributed by atoms with Gasteiger partial charge >= 0.3 is 5.97 Å². The van der Waals surface area contributed by atoms with Crippen LogP contribution < -0.4 is 10.6 Å². The molecule has 1 heterocycles. The van der Waals surface area contributed by atoms with E-state index in [4.69, 9.17) is 5.11 Å². The van der Waals surface area contributed by atoms with E-state index in [9.17, 15) is 9.59 Å². The van der Waals surface area contributed by atoms with Crippen molar-refractivity contribution in [2.24, 2.45) is 5.41 Å². The summed E-state index contributed by atoms with van der Waals surface area (Å²) in [5.41, 5.74) is -0.424. The highest BCUT2D eigenvalue weighted by molar-refractivity contribution is 7.98. The number of hydrogen-bond donors (Lipinski definition) is 3. The average molecular weight is 274 g/mol. The third-order valence-electron chi connectivity index (χ3n) is 3.62. The van der Waals surface area contributed by atoms with Gasteiger partial charge in [0.15, 0.2) is 0 Å². The molecule has 0 spiro atoms. The van der Waals surface area contributed by atoms with Crippen molar-refractivity contribution in [2.45, 2.75) is 32.2 Å². The summed E-state index contributed by atoms with van der Waals surface area (Å²) in [4.78, 5) is 23.4. The first kappa shape index (κ1) is 15.3. The predicted octanol–water partition coefficient (Wildman–Crippen LogP) is 0.699. The van der Waals surface area contributed by atoms with Crippen molar-refractivity contribution in [3.8, 4) is 0 Å². The average Bonchev–Trinajstić information content (AvgIpc) is 2.83. The van der Waals surface area contributed by atoms with Gasteiger partial charge in [-0.3, -0.25) is 4.79 Å². The van der Waals surface area contributed by atoms with Gasteiger partial charge < -0.3 is 15.7 Å². The number of amides is 1. The van der Waals surface area contributed by atoms with E-state index < -0.39 is 17.4 Å². The Morgan fingerprint density at radius 3 is 2.72 bits per heavy atom. The van der Waals surface area contributed by atoms with E-state index in [2.05, 4.69) is 10.6 Å². The number of carboxylic acid groups (broad SMARTS) is 1. The Bertz CT molecular complexity index is 304. The number of carboxylic acids is 1. The Labute approximate surface area is 112 Å². The smallest absolute Gasteiger partial charge is 0.326 e. The lowest BCUT2D eigenvalue weighted by atomic mass is 9.83. The monoisotopic (exact) mass is 274 g/mol. The number of rotatable bonds is 7. The zero-order valence-corrected chi connectivity index (χ0v) is 11.8. The van der Waals surface area contributed by atoms with E-state index >= 15 is 0 Å². The second-order valence-electron chi connectivity index (χ2n) is 4.71. The van der Waals surface area contributed by atoms with Crippen LogP contribution in [-0.4, -0.2) is 48.1 Å². The molecule has 1 amide bonds. The summed E-state index contributed by atoms with van der Waals surface area (Å²) in [5.74, 6) is -0.340. The second-order valence-corrected chi connectivity index (χ2v) is 5.69. The summed E-state index contributed by atoms with van der Waals surface area (Å²) in [5, 5.41) is 15.0. The predicted molar refractivity (Wildman–Crippen MR) is 72.8 cm³/mol. The molecule has 5 nitrogen and oxygen atoms in total. The van der Waals surface area contributed by atoms with Gasteiger partial charge in [-0.2, -0.15) is 11.8 Å². The second kappa shape index (κ2) is 6.99. The van der Waals surface area contributed by atoms with Gasteiger partial charge in [0, 0.05) is 6.54 Å². The zero-order valence-electron chi connectivity index (χ0n) is 11.0. The van der Waals surface area contributed by atoms with Crippen LogP contribution in [0.1, 0.15) is 26.2 Å². The molecule has 0 radical (unpaired) electrons. The molecule has 1 aliphatic rings. The fourth-order valence-corrected chi connectivity index (χ4v) is 2.68. The Kier molecular flexibility index (Phi) is 5.95. The SMILES string of the molecule is CCC1(C(=O)NC(CCSC)C(=O)O)CCNC1. The van der Waals surface area contributed by atoms with Crippen molar-refractivity contribution in [1.82, 2.24) is 10.6 Å². The van der Waals surface area contributed by atoms with Crippen molar-refractivity contribution in [3.05, 3.63) is 0 Å². The lowest BCUT2D eigenvalue weighted by Crippen LogP contribution is -2.49. The maximum atomic E-state index is 12.3. The molecule has 2 atom stereocenters. The van der Waals surface area contributed by atoms with E-state index in [1.807, 2.05) is 13.2 Å². The Hall–Kier alpha value is -0.750. The molecule has 0 aromatic rings. The number of carbonyl (C=O) groups excluding carboxylic acids is 1. The Morgan fingerprint density at radius 1 is 1.56 bits per heavy atom. The first-order valence-corrected chi connectivity index (χ1v) is 7.68. The van der Waals surface area contributed by atoms with Crippen molar-refractivity contribution in [2.75, 3.05) is 25.1 Å². The van der Waals surface area contributed by atoms with Crippen molar-refractivity contribution in [3.63, 3.8) is 0 Å².